The summed E-state index contributed by atoms with van der Waals surface area (Å²) in [6.07, 6.45) is 1.09. The molecular formula is C18H22N2O3S. The fraction of sp³-hybridized carbons (Fsp3) is 0.278. The molecule has 1 atom stereocenters. The average molecular weight is 346 g/mol. The van der Waals surface area contributed by atoms with Crippen LogP contribution in [0.5, 0.6) is 0 Å². The van der Waals surface area contributed by atoms with Crippen LogP contribution in [0, 0.1) is 13.8 Å². The van der Waals surface area contributed by atoms with Crippen molar-refractivity contribution < 1.29 is 13.2 Å². The van der Waals surface area contributed by atoms with Crippen molar-refractivity contribution in [1.29, 1.82) is 0 Å². The van der Waals surface area contributed by atoms with E-state index in [1.165, 1.54) is 7.05 Å². The number of amides is 1. The van der Waals surface area contributed by atoms with E-state index in [4.69, 9.17) is 0 Å². The molecule has 0 saturated heterocycles. The predicted molar refractivity (Wildman–Crippen MR) is 96.3 cm³/mol. The standard InChI is InChI=1S/C18H22N2O3S/c1-13-10-14(2)12-16(11-13)19-18(21)17(20(3)24(4,22)23)15-8-6-5-7-9-15/h5-12,17H,1-4H3,(H,19,21). The van der Waals surface area contributed by atoms with E-state index < -0.39 is 16.1 Å². The van der Waals surface area contributed by atoms with Gasteiger partial charge in [-0.05, 0) is 42.7 Å². The van der Waals surface area contributed by atoms with E-state index in [1.807, 2.05) is 38.1 Å². The number of nitrogens with one attached hydrogen (secondary N) is 1. The Morgan fingerprint density at radius 1 is 1.04 bits per heavy atom. The molecule has 0 aliphatic heterocycles. The molecule has 6 heteroatoms. The molecule has 1 unspecified atom stereocenters. The van der Waals surface area contributed by atoms with Crippen LogP contribution in [-0.2, 0) is 14.8 Å². The van der Waals surface area contributed by atoms with Crippen molar-refractivity contribution in [1.82, 2.24) is 4.31 Å². The molecule has 0 aliphatic rings. The summed E-state index contributed by atoms with van der Waals surface area (Å²) in [5, 5.41) is 2.83. The van der Waals surface area contributed by atoms with Crippen molar-refractivity contribution in [3.63, 3.8) is 0 Å². The second-order valence-corrected chi connectivity index (χ2v) is 8.00. The molecular weight excluding hydrogens is 324 g/mol. The van der Waals surface area contributed by atoms with Crippen LogP contribution in [0.1, 0.15) is 22.7 Å². The normalized spacial score (nSPS) is 12.9. The van der Waals surface area contributed by atoms with Crippen molar-refractivity contribution in [3.8, 4) is 0 Å². The van der Waals surface area contributed by atoms with Crippen molar-refractivity contribution in [3.05, 3.63) is 65.2 Å². The van der Waals surface area contributed by atoms with Crippen LogP contribution in [0.25, 0.3) is 0 Å². The first-order valence-electron chi connectivity index (χ1n) is 7.55. The Labute approximate surface area is 143 Å². The van der Waals surface area contributed by atoms with E-state index in [9.17, 15) is 13.2 Å². The summed E-state index contributed by atoms with van der Waals surface area (Å²) in [6.45, 7) is 3.89. The zero-order valence-electron chi connectivity index (χ0n) is 14.3. The molecule has 0 aliphatic carbocycles. The maximum atomic E-state index is 12.8. The smallest absolute Gasteiger partial charge is 0.247 e. The molecule has 0 bridgehead atoms. The minimum Gasteiger partial charge on any atom is -0.324 e. The van der Waals surface area contributed by atoms with Crippen molar-refractivity contribution in [2.45, 2.75) is 19.9 Å². The molecule has 1 N–H and O–H groups in total. The van der Waals surface area contributed by atoms with Gasteiger partial charge in [-0.3, -0.25) is 4.79 Å². The maximum Gasteiger partial charge on any atom is 0.247 e. The molecule has 2 aromatic rings. The third-order valence-electron chi connectivity index (χ3n) is 3.74. The molecule has 1 amide bonds. The first-order chi connectivity index (χ1) is 11.2. The molecule has 0 spiro atoms. The van der Waals surface area contributed by atoms with Gasteiger partial charge in [0.05, 0.1) is 6.26 Å². The number of nitrogens with zero attached hydrogens (tertiary/aromatic N) is 1. The van der Waals surface area contributed by atoms with E-state index >= 15 is 0 Å². The lowest BCUT2D eigenvalue weighted by molar-refractivity contribution is -0.119. The van der Waals surface area contributed by atoms with Crippen molar-refractivity contribution in [2.24, 2.45) is 0 Å². The van der Waals surface area contributed by atoms with Crippen LogP contribution in [-0.4, -0.2) is 31.9 Å². The molecule has 0 heterocycles. The number of benzene rings is 2. The van der Waals surface area contributed by atoms with E-state index in [0.29, 0.717) is 11.3 Å². The molecule has 0 saturated carbocycles. The summed E-state index contributed by atoms with van der Waals surface area (Å²) in [6, 6.07) is 13.7. The zero-order chi connectivity index (χ0) is 17.9. The lowest BCUT2D eigenvalue weighted by atomic mass is 10.1. The van der Waals surface area contributed by atoms with Crippen LogP contribution in [0.2, 0.25) is 0 Å². The van der Waals surface area contributed by atoms with Crippen LogP contribution >= 0.6 is 0 Å². The number of aryl methyl sites for hydroxylation is 2. The van der Waals surface area contributed by atoms with Gasteiger partial charge < -0.3 is 5.32 Å². The summed E-state index contributed by atoms with van der Waals surface area (Å²) in [4.78, 5) is 12.8. The largest absolute Gasteiger partial charge is 0.324 e. The van der Waals surface area contributed by atoms with Crippen molar-refractivity contribution in [2.75, 3.05) is 18.6 Å². The number of carbonyl (C=O) groups is 1. The van der Waals surface area contributed by atoms with E-state index in [-0.39, 0.29) is 5.91 Å². The Hall–Kier alpha value is -2.18. The van der Waals surface area contributed by atoms with E-state index in [0.717, 1.165) is 21.7 Å². The zero-order valence-corrected chi connectivity index (χ0v) is 15.1. The van der Waals surface area contributed by atoms with Crippen LogP contribution in [0.3, 0.4) is 0 Å². The lowest BCUT2D eigenvalue weighted by Crippen LogP contribution is -2.38. The first kappa shape index (κ1) is 18.2. The van der Waals surface area contributed by atoms with Gasteiger partial charge in [0, 0.05) is 12.7 Å². The molecule has 0 aromatic heterocycles. The van der Waals surface area contributed by atoms with Gasteiger partial charge in [0.25, 0.3) is 0 Å². The lowest BCUT2D eigenvalue weighted by Gasteiger charge is -2.25. The van der Waals surface area contributed by atoms with Crippen molar-refractivity contribution >= 4 is 21.6 Å². The van der Waals surface area contributed by atoms with E-state index in [2.05, 4.69) is 5.32 Å². The minimum atomic E-state index is -3.53. The number of anilines is 1. The molecule has 0 radical (unpaired) electrons. The predicted octanol–water partition coefficient (Wildman–Crippen LogP) is 2.87. The van der Waals surface area contributed by atoms with Gasteiger partial charge in [-0.25, -0.2) is 8.42 Å². The molecule has 24 heavy (non-hydrogen) atoms. The fourth-order valence-corrected chi connectivity index (χ4v) is 3.21. The highest BCUT2D eigenvalue weighted by molar-refractivity contribution is 7.88. The summed E-state index contributed by atoms with van der Waals surface area (Å²) < 4.78 is 25.0. The van der Waals surface area contributed by atoms with Crippen LogP contribution in [0.4, 0.5) is 5.69 Å². The molecule has 5 nitrogen and oxygen atoms in total. The number of hydrogen-bond acceptors (Lipinski definition) is 3. The monoisotopic (exact) mass is 346 g/mol. The third kappa shape index (κ3) is 4.43. The summed E-state index contributed by atoms with van der Waals surface area (Å²) >= 11 is 0. The highest BCUT2D eigenvalue weighted by Crippen LogP contribution is 2.24. The third-order valence-corrected chi connectivity index (χ3v) is 5.00. The fourth-order valence-electron chi connectivity index (χ4n) is 2.61. The second kappa shape index (κ2) is 7.15. The Morgan fingerprint density at radius 2 is 1.58 bits per heavy atom. The molecule has 128 valence electrons. The SMILES string of the molecule is Cc1cc(C)cc(NC(=O)C(c2ccccc2)N(C)S(C)(=O)=O)c1. The van der Waals surface area contributed by atoms with E-state index in [1.54, 1.807) is 24.3 Å². The van der Waals surface area contributed by atoms with Gasteiger partial charge in [0.15, 0.2) is 0 Å². The molecule has 0 fully saturated rings. The van der Waals surface area contributed by atoms with Gasteiger partial charge in [-0.2, -0.15) is 4.31 Å². The number of likely N-dealkylation sites (N-methyl/N-ethyl adjacent to an activating group) is 1. The maximum absolute atomic E-state index is 12.8. The number of hydrogen-bond donors (Lipinski definition) is 1. The first-order valence-corrected chi connectivity index (χ1v) is 9.40. The Morgan fingerprint density at radius 3 is 2.08 bits per heavy atom. The second-order valence-electron chi connectivity index (χ2n) is 5.96. The van der Waals surface area contributed by atoms with Gasteiger partial charge >= 0.3 is 0 Å². The molecule has 2 rings (SSSR count). The highest BCUT2D eigenvalue weighted by atomic mass is 32.2. The number of carbonyl (C=O) groups excluding carboxylic acids is 1. The van der Waals surface area contributed by atoms with Gasteiger partial charge in [-0.1, -0.05) is 36.4 Å². The Balaban J connectivity index is 2.38. The Bertz CT molecular complexity index is 812. The average Bonchev–Trinajstić information content (AvgIpc) is 2.46. The Kier molecular flexibility index (Phi) is 5.41. The molecule has 2 aromatic carbocycles. The minimum absolute atomic E-state index is 0.390. The van der Waals surface area contributed by atoms with Gasteiger partial charge in [0.2, 0.25) is 15.9 Å². The summed E-state index contributed by atoms with van der Waals surface area (Å²) in [5.74, 6) is -0.390. The van der Waals surface area contributed by atoms with Crippen LogP contribution in [0.15, 0.2) is 48.5 Å². The highest BCUT2D eigenvalue weighted by Gasteiger charge is 2.30. The quantitative estimate of drug-likeness (QED) is 0.905. The number of rotatable bonds is 5. The number of sulfonamides is 1. The van der Waals surface area contributed by atoms with Gasteiger partial charge in [0.1, 0.15) is 6.04 Å². The summed E-state index contributed by atoms with van der Waals surface area (Å²) in [5.41, 5.74) is 3.32. The topological polar surface area (TPSA) is 66.5 Å². The summed E-state index contributed by atoms with van der Waals surface area (Å²) in [7, 11) is -2.12. The van der Waals surface area contributed by atoms with Crippen LogP contribution < -0.4 is 5.32 Å². The van der Waals surface area contributed by atoms with Gasteiger partial charge in [-0.15, -0.1) is 0 Å².